The van der Waals surface area contributed by atoms with Crippen LogP contribution in [0.5, 0.6) is 0 Å². The molecule has 1 rings (SSSR count). The summed E-state index contributed by atoms with van der Waals surface area (Å²) in [6.45, 7) is 6.83. The van der Waals surface area contributed by atoms with Gasteiger partial charge >= 0.3 is 0 Å². The molecule has 0 bridgehead atoms. The fourth-order valence-electron chi connectivity index (χ4n) is 1.89. The van der Waals surface area contributed by atoms with E-state index in [0.717, 1.165) is 5.56 Å². The molecule has 0 aliphatic heterocycles. The fourth-order valence-corrected chi connectivity index (χ4v) is 1.89. The van der Waals surface area contributed by atoms with Gasteiger partial charge in [-0.25, -0.2) is 8.78 Å². The van der Waals surface area contributed by atoms with Crippen LogP contribution in [0.2, 0.25) is 0 Å². The van der Waals surface area contributed by atoms with Gasteiger partial charge in [-0.3, -0.25) is 0 Å². The van der Waals surface area contributed by atoms with Gasteiger partial charge in [-0.2, -0.15) is 0 Å². The Morgan fingerprint density at radius 3 is 2.19 bits per heavy atom. The number of rotatable bonds is 3. The van der Waals surface area contributed by atoms with Crippen molar-refractivity contribution in [1.82, 2.24) is 0 Å². The van der Waals surface area contributed by atoms with E-state index in [9.17, 15) is 8.78 Å². The summed E-state index contributed by atoms with van der Waals surface area (Å²) in [6.07, 6.45) is -0.343. The summed E-state index contributed by atoms with van der Waals surface area (Å²) in [4.78, 5) is 0. The van der Waals surface area contributed by atoms with Gasteiger partial charge in [-0.05, 0) is 33.3 Å². The minimum absolute atomic E-state index is 0.0802. The first-order valence-corrected chi connectivity index (χ1v) is 5.36. The van der Waals surface area contributed by atoms with Gasteiger partial charge in [-0.1, -0.05) is 23.8 Å². The van der Waals surface area contributed by atoms with Crippen LogP contribution in [0.4, 0.5) is 8.78 Å². The van der Waals surface area contributed by atoms with Crippen molar-refractivity contribution in [3.8, 4) is 0 Å². The summed E-state index contributed by atoms with van der Waals surface area (Å²) in [5.74, 6) is -2.87. The van der Waals surface area contributed by atoms with Crippen molar-refractivity contribution in [2.75, 3.05) is 0 Å². The van der Waals surface area contributed by atoms with Gasteiger partial charge in [0, 0.05) is 17.5 Å². The highest BCUT2D eigenvalue weighted by molar-refractivity contribution is 5.33. The molecule has 3 heteroatoms. The number of nitrogens with two attached hydrogens (primary N) is 1. The Morgan fingerprint density at radius 1 is 1.19 bits per heavy atom. The Balaban J connectivity index is 3.07. The first kappa shape index (κ1) is 13.1. The third kappa shape index (κ3) is 3.27. The number of benzene rings is 1. The molecule has 0 saturated heterocycles. The molecule has 2 N–H and O–H groups in total. The Hall–Kier alpha value is -0.960. The molecule has 0 saturated carbocycles. The molecule has 16 heavy (non-hydrogen) atoms. The number of halogens is 2. The molecule has 1 aromatic carbocycles. The second kappa shape index (κ2) is 4.13. The summed E-state index contributed by atoms with van der Waals surface area (Å²) in [5, 5.41) is 0. The quantitative estimate of drug-likeness (QED) is 0.840. The number of hydrogen-bond donors (Lipinski definition) is 1. The van der Waals surface area contributed by atoms with E-state index in [1.165, 1.54) is 6.07 Å². The van der Waals surface area contributed by atoms with Crippen LogP contribution < -0.4 is 5.73 Å². The van der Waals surface area contributed by atoms with Crippen molar-refractivity contribution >= 4 is 0 Å². The van der Waals surface area contributed by atoms with Crippen LogP contribution in [0.15, 0.2) is 18.2 Å². The summed E-state index contributed by atoms with van der Waals surface area (Å²) in [5.41, 5.74) is 6.47. The lowest BCUT2D eigenvalue weighted by Gasteiger charge is -2.27. The Morgan fingerprint density at radius 2 is 1.75 bits per heavy atom. The van der Waals surface area contributed by atoms with Crippen LogP contribution in [-0.2, 0) is 5.92 Å². The van der Waals surface area contributed by atoms with E-state index in [1.54, 1.807) is 32.9 Å². The molecule has 0 aromatic heterocycles. The molecule has 0 heterocycles. The average molecular weight is 227 g/mol. The summed E-state index contributed by atoms with van der Waals surface area (Å²) in [7, 11) is 0. The Kier molecular flexibility index (Phi) is 3.38. The zero-order valence-corrected chi connectivity index (χ0v) is 10.3. The number of aryl methyl sites for hydroxylation is 2. The molecule has 0 fully saturated rings. The molecular formula is C13H19F2N. The second-order valence-electron chi connectivity index (χ2n) is 5.19. The molecule has 0 aliphatic carbocycles. The predicted molar refractivity (Wildman–Crippen MR) is 62.7 cm³/mol. The summed E-state index contributed by atoms with van der Waals surface area (Å²) < 4.78 is 27.9. The minimum Gasteiger partial charge on any atom is -0.325 e. The van der Waals surface area contributed by atoms with Crippen LogP contribution in [-0.4, -0.2) is 5.54 Å². The molecule has 0 radical (unpaired) electrons. The maximum Gasteiger partial charge on any atom is 0.275 e. The molecule has 0 aliphatic rings. The maximum atomic E-state index is 14.0. The molecule has 90 valence electrons. The first-order valence-electron chi connectivity index (χ1n) is 5.36. The van der Waals surface area contributed by atoms with Gasteiger partial charge in [0.2, 0.25) is 0 Å². The van der Waals surface area contributed by atoms with E-state index >= 15 is 0 Å². The van der Waals surface area contributed by atoms with Crippen LogP contribution in [0.3, 0.4) is 0 Å². The third-order valence-corrected chi connectivity index (χ3v) is 2.45. The standard InChI is InChI=1S/C13H19F2N/c1-9-5-6-11(10(2)7-9)13(14,15)8-12(3,4)16/h5-7H,8,16H2,1-4H3. The molecule has 0 amide bonds. The van der Waals surface area contributed by atoms with Gasteiger partial charge in [0.15, 0.2) is 0 Å². The highest BCUT2D eigenvalue weighted by Gasteiger charge is 2.37. The minimum atomic E-state index is -2.87. The van der Waals surface area contributed by atoms with Gasteiger partial charge in [0.1, 0.15) is 0 Å². The SMILES string of the molecule is Cc1ccc(C(F)(F)CC(C)(C)N)c(C)c1. The first-order chi connectivity index (χ1) is 7.12. The highest BCUT2D eigenvalue weighted by Crippen LogP contribution is 2.37. The van der Waals surface area contributed by atoms with Crippen molar-refractivity contribution in [3.63, 3.8) is 0 Å². The predicted octanol–water partition coefficient (Wildman–Crippen LogP) is 3.52. The fraction of sp³-hybridized carbons (Fsp3) is 0.538. The Labute approximate surface area is 95.7 Å². The van der Waals surface area contributed by atoms with Crippen molar-refractivity contribution in [3.05, 3.63) is 34.9 Å². The van der Waals surface area contributed by atoms with Crippen LogP contribution in [0.25, 0.3) is 0 Å². The van der Waals surface area contributed by atoms with Crippen molar-refractivity contribution in [2.45, 2.75) is 45.6 Å². The van der Waals surface area contributed by atoms with Crippen molar-refractivity contribution in [2.24, 2.45) is 5.73 Å². The zero-order chi connectivity index (χ0) is 12.6. The van der Waals surface area contributed by atoms with E-state index in [1.807, 2.05) is 6.92 Å². The van der Waals surface area contributed by atoms with Crippen LogP contribution in [0, 0.1) is 13.8 Å². The molecule has 1 nitrogen and oxygen atoms in total. The molecule has 0 spiro atoms. The monoisotopic (exact) mass is 227 g/mol. The second-order valence-corrected chi connectivity index (χ2v) is 5.19. The summed E-state index contributed by atoms with van der Waals surface area (Å²) in [6, 6.07) is 4.98. The topological polar surface area (TPSA) is 26.0 Å². The Bertz CT molecular complexity index is 378. The molecule has 0 unspecified atom stereocenters. The highest BCUT2D eigenvalue weighted by atomic mass is 19.3. The van der Waals surface area contributed by atoms with E-state index in [0.29, 0.717) is 5.56 Å². The summed E-state index contributed by atoms with van der Waals surface area (Å²) >= 11 is 0. The third-order valence-electron chi connectivity index (χ3n) is 2.45. The van der Waals surface area contributed by atoms with Gasteiger partial charge < -0.3 is 5.73 Å². The number of alkyl halides is 2. The van der Waals surface area contributed by atoms with E-state index < -0.39 is 11.5 Å². The van der Waals surface area contributed by atoms with Gasteiger partial charge in [0.25, 0.3) is 5.92 Å². The normalized spacial score (nSPS) is 12.9. The average Bonchev–Trinajstić information content (AvgIpc) is 1.97. The van der Waals surface area contributed by atoms with Crippen LogP contribution in [0.1, 0.15) is 37.0 Å². The maximum absolute atomic E-state index is 14.0. The van der Waals surface area contributed by atoms with Crippen molar-refractivity contribution in [1.29, 1.82) is 0 Å². The van der Waals surface area contributed by atoms with E-state index in [-0.39, 0.29) is 12.0 Å². The lowest BCUT2D eigenvalue weighted by Crippen LogP contribution is -2.38. The smallest absolute Gasteiger partial charge is 0.275 e. The van der Waals surface area contributed by atoms with Crippen LogP contribution >= 0.6 is 0 Å². The molecular weight excluding hydrogens is 208 g/mol. The van der Waals surface area contributed by atoms with Gasteiger partial charge in [0.05, 0.1) is 0 Å². The molecule has 1 aromatic rings. The van der Waals surface area contributed by atoms with E-state index in [4.69, 9.17) is 5.73 Å². The largest absolute Gasteiger partial charge is 0.325 e. The lowest BCUT2D eigenvalue weighted by molar-refractivity contribution is -0.0301. The molecule has 0 atom stereocenters. The lowest BCUT2D eigenvalue weighted by atomic mass is 9.90. The van der Waals surface area contributed by atoms with E-state index in [2.05, 4.69) is 0 Å². The van der Waals surface area contributed by atoms with Crippen molar-refractivity contribution < 1.29 is 8.78 Å². The number of hydrogen-bond acceptors (Lipinski definition) is 1. The van der Waals surface area contributed by atoms with Gasteiger partial charge in [-0.15, -0.1) is 0 Å². The zero-order valence-electron chi connectivity index (χ0n) is 10.3.